The molecule has 0 bridgehead atoms. The summed E-state index contributed by atoms with van der Waals surface area (Å²) < 4.78 is 27.7. The molecule has 1 aromatic rings. The van der Waals surface area contributed by atoms with E-state index in [2.05, 4.69) is 20.7 Å². The molecule has 1 unspecified atom stereocenters. The molecule has 0 amide bonds. The SMILES string of the molecule is CC(C)CC(CN)NS(=O)(=O)c1cccc(Br)c1. The normalized spacial score (nSPS) is 13.8. The van der Waals surface area contributed by atoms with Gasteiger partial charge in [-0.15, -0.1) is 0 Å². The van der Waals surface area contributed by atoms with Gasteiger partial charge in [-0.2, -0.15) is 0 Å². The van der Waals surface area contributed by atoms with Gasteiger partial charge in [0.05, 0.1) is 4.90 Å². The molecular formula is C12H19BrN2O2S. The van der Waals surface area contributed by atoms with E-state index in [-0.39, 0.29) is 10.9 Å². The first-order valence-corrected chi connectivity index (χ1v) is 8.10. The molecule has 0 aromatic heterocycles. The molecule has 6 heteroatoms. The summed E-state index contributed by atoms with van der Waals surface area (Å²) in [7, 11) is -3.50. The van der Waals surface area contributed by atoms with E-state index in [4.69, 9.17) is 5.73 Å². The van der Waals surface area contributed by atoms with Crippen LogP contribution in [0.5, 0.6) is 0 Å². The molecule has 1 atom stereocenters. The van der Waals surface area contributed by atoms with Crippen LogP contribution >= 0.6 is 15.9 Å². The first-order chi connectivity index (χ1) is 8.35. The second-order valence-corrected chi connectivity index (χ2v) is 7.27. The van der Waals surface area contributed by atoms with Gasteiger partial charge in [0, 0.05) is 17.1 Å². The quantitative estimate of drug-likeness (QED) is 0.836. The molecule has 0 saturated heterocycles. The van der Waals surface area contributed by atoms with Crippen LogP contribution in [0.3, 0.4) is 0 Å². The molecule has 0 radical (unpaired) electrons. The first-order valence-electron chi connectivity index (χ1n) is 5.83. The lowest BCUT2D eigenvalue weighted by molar-refractivity contribution is 0.465. The lowest BCUT2D eigenvalue weighted by Crippen LogP contribution is -2.40. The van der Waals surface area contributed by atoms with Crippen molar-refractivity contribution in [2.24, 2.45) is 11.7 Å². The van der Waals surface area contributed by atoms with Gasteiger partial charge in [0.1, 0.15) is 0 Å². The van der Waals surface area contributed by atoms with Gasteiger partial charge >= 0.3 is 0 Å². The van der Waals surface area contributed by atoms with Crippen molar-refractivity contribution in [3.8, 4) is 0 Å². The number of halogens is 1. The fourth-order valence-electron chi connectivity index (χ4n) is 1.68. The van der Waals surface area contributed by atoms with Gasteiger partial charge in [-0.25, -0.2) is 13.1 Å². The third-order valence-corrected chi connectivity index (χ3v) is 4.48. The van der Waals surface area contributed by atoms with E-state index < -0.39 is 10.0 Å². The van der Waals surface area contributed by atoms with Crippen molar-refractivity contribution in [1.29, 1.82) is 0 Å². The van der Waals surface area contributed by atoms with E-state index in [0.717, 1.165) is 10.9 Å². The van der Waals surface area contributed by atoms with E-state index in [1.165, 1.54) is 0 Å². The van der Waals surface area contributed by atoms with E-state index in [1.54, 1.807) is 24.3 Å². The summed E-state index contributed by atoms with van der Waals surface area (Å²) in [6.45, 7) is 4.37. The zero-order valence-corrected chi connectivity index (χ0v) is 13.0. The Morgan fingerprint density at radius 2 is 2.06 bits per heavy atom. The number of nitrogens with one attached hydrogen (secondary N) is 1. The molecule has 0 aliphatic rings. The van der Waals surface area contributed by atoms with Crippen molar-refractivity contribution in [3.05, 3.63) is 28.7 Å². The standard InChI is InChI=1S/C12H19BrN2O2S/c1-9(2)6-11(8-14)15-18(16,17)12-5-3-4-10(13)7-12/h3-5,7,9,11,15H,6,8,14H2,1-2H3. The van der Waals surface area contributed by atoms with Crippen molar-refractivity contribution in [1.82, 2.24) is 4.72 Å². The highest BCUT2D eigenvalue weighted by atomic mass is 79.9. The molecule has 102 valence electrons. The van der Waals surface area contributed by atoms with Crippen LogP contribution in [0, 0.1) is 5.92 Å². The molecule has 1 rings (SSSR count). The molecule has 4 nitrogen and oxygen atoms in total. The third kappa shape index (κ3) is 4.68. The highest BCUT2D eigenvalue weighted by Gasteiger charge is 2.19. The number of rotatable bonds is 6. The molecule has 0 heterocycles. The molecule has 0 fully saturated rings. The summed E-state index contributed by atoms with van der Waals surface area (Å²) in [5.41, 5.74) is 5.60. The lowest BCUT2D eigenvalue weighted by atomic mass is 10.1. The van der Waals surface area contributed by atoms with Crippen LogP contribution in [0.2, 0.25) is 0 Å². The van der Waals surface area contributed by atoms with E-state index in [1.807, 2.05) is 13.8 Å². The minimum Gasteiger partial charge on any atom is -0.329 e. The Hall–Kier alpha value is -0.430. The Bertz CT molecular complexity index is 489. The van der Waals surface area contributed by atoms with Gasteiger partial charge in [0.25, 0.3) is 0 Å². The average molecular weight is 335 g/mol. The summed E-state index contributed by atoms with van der Waals surface area (Å²) in [4.78, 5) is 0.249. The molecule has 3 N–H and O–H groups in total. The molecule has 0 aliphatic carbocycles. The molecular weight excluding hydrogens is 316 g/mol. The number of benzene rings is 1. The zero-order chi connectivity index (χ0) is 13.8. The Morgan fingerprint density at radius 1 is 1.39 bits per heavy atom. The van der Waals surface area contributed by atoms with Crippen LogP contribution in [-0.4, -0.2) is 21.0 Å². The average Bonchev–Trinajstić information content (AvgIpc) is 2.27. The van der Waals surface area contributed by atoms with Crippen molar-refractivity contribution in [3.63, 3.8) is 0 Å². The van der Waals surface area contributed by atoms with Gasteiger partial charge in [-0.3, -0.25) is 0 Å². The molecule has 0 aliphatic heterocycles. The minimum absolute atomic E-state index is 0.228. The zero-order valence-electron chi connectivity index (χ0n) is 10.6. The van der Waals surface area contributed by atoms with Gasteiger partial charge in [-0.1, -0.05) is 35.8 Å². The second-order valence-electron chi connectivity index (χ2n) is 4.64. The highest BCUT2D eigenvalue weighted by molar-refractivity contribution is 9.10. The van der Waals surface area contributed by atoms with Crippen LogP contribution < -0.4 is 10.5 Å². The number of nitrogens with two attached hydrogens (primary N) is 1. The van der Waals surface area contributed by atoms with Crippen molar-refractivity contribution >= 4 is 26.0 Å². The van der Waals surface area contributed by atoms with Crippen molar-refractivity contribution in [2.45, 2.75) is 31.2 Å². The van der Waals surface area contributed by atoms with Gasteiger partial charge in [0.15, 0.2) is 0 Å². The Morgan fingerprint density at radius 3 is 2.56 bits per heavy atom. The van der Waals surface area contributed by atoms with Crippen molar-refractivity contribution in [2.75, 3.05) is 6.54 Å². The van der Waals surface area contributed by atoms with E-state index >= 15 is 0 Å². The summed E-state index contributed by atoms with van der Waals surface area (Å²) in [5, 5.41) is 0. The Balaban J connectivity index is 2.87. The number of sulfonamides is 1. The van der Waals surface area contributed by atoms with Gasteiger partial charge in [-0.05, 0) is 30.5 Å². The van der Waals surface area contributed by atoms with Gasteiger partial charge in [0.2, 0.25) is 10.0 Å². The fraction of sp³-hybridized carbons (Fsp3) is 0.500. The molecule has 1 aromatic carbocycles. The van der Waals surface area contributed by atoms with Crippen LogP contribution in [0.15, 0.2) is 33.6 Å². The maximum atomic E-state index is 12.1. The Labute approximate surface area is 117 Å². The Kier molecular flexibility index (Phi) is 5.78. The summed E-state index contributed by atoms with van der Waals surface area (Å²) in [5.74, 6) is 0.392. The predicted molar refractivity (Wildman–Crippen MR) is 76.8 cm³/mol. The van der Waals surface area contributed by atoms with E-state index in [0.29, 0.717) is 12.5 Å². The topological polar surface area (TPSA) is 72.2 Å². The third-order valence-electron chi connectivity index (χ3n) is 2.47. The molecule has 0 saturated carbocycles. The summed E-state index contributed by atoms with van der Waals surface area (Å²) in [6, 6.07) is 6.39. The monoisotopic (exact) mass is 334 g/mol. The molecule has 0 spiro atoms. The number of hydrogen-bond acceptors (Lipinski definition) is 3. The second kappa shape index (κ2) is 6.65. The maximum absolute atomic E-state index is 12.1. The van der Waals surface area contributed by atoms with Gasteiger partial charge < -0.3 is 5.73 Å². The summed E-state index contributed by atoms with van der Waals surface area (Å²) in [6.07, 6.45) is 0.726. The summed E-state index contributed by atoms with van der Waals surface area (Å²) >= 11 is 3.26. The number of hydrogen-bond donors (Lipinski definition) is 2. The maximum Gasteiger partial charge on any atom is 0.240 e. The van der Waals surface area contributed by atoms with Crippen LogP contribution in [0.4, 0.5) is 0 Å². The van der Waals surface area contributed by atoms with E-state index in [9.17, 15) is 8.42 Å². The first kappa shape index (κ1) is 15.6. The smallest absolute Gasteiger partial charge is 0.240 e. The minimum atomic E-state index is -3.50. The van der Waals surface area contributed by atoms with Crippen LogP contribution in [-0.2, 0) is 10.0 Å². The lowest BCUT2D eigenvalue weighted by Gasteiger charge is -2.18. The van der Waals surface area contributed by atoms with Crippen LogP contribution in [0.1, 0.15) is 20.3 Å². The molecule has 18 heavy (non-hydrogen) atoms. The van der Waals surface area contributed by atoms with Crippen molar-refractivity contribution < 1.29 is 8.42 Å². The highest BCUT2D eigenvalue weighted by Crippen LogP contribution is 2.17. The fourth-order valence-corrected chi connectivity index (χ4v) is 3.54. The predicted octanol–water partition coefficient (Wildman–Crippen LogP) is 2.10. The largest absolute Gasteiger partial charge is 0.329 e. The van der Waals surface area contributed by atoms with Crippen LogP contribution in [0.25, 0.3) is 0 Å².